The monoisotopic (exact) mass is 279 g/mol. The van der Waals surface area contributed by atoms with E-state index in [0.29, 0.717) is 12.2 Å². The van der Waals surface area contributed by atoms with Gasteiger partial charge in [-0.1, -0.05) is 23.7 Å². The summed E-state index contributed by atoms with van der Waals surface area (Å²) < 4.78 is 12.7. The molecule has 98 valence electrons. The molecule has 0 aliphatic heterocycles. The van der Waals surface area contributed by atoms with Gasteiger partial charge in [-0.3, -0.25) is 0 Å². The van der Waals surface area contributed by atoms with Gasteiger partial charge in [0.15, 0.2) is 0 Å². The van der Waals surface area contributed by atoms with Crippen molar-refractivity contribution in [3.63, 3.8) is 0 Å². The maximum absolute atomic E-state index is 12.7. The van der Waals surface area contributed by atoms with Gasteiger partial charge in [-0.05, 0) is 35.9 Å². The fourth-order valence-electron chi connectivity index (χ4n) is 1.61. The van der Waals surface area contributed by atoms with Gasteiger partial charge in [0.1, 0.15) is 5.82 Å². The van der Waals surface area contributed by atoms with Gasteiger partial charge in [0.2, 0.25) is 0 Å². The maximum Gasteiger partial charge on any atom is 0.337 e. The van der Waals surface area contributed by atoms with Crippen LogP contribution in [-0.2, 0) is 6.54 Å². The van der Waals surface area contributed by atoms with Crippen molar-refractivity contribution in [2.24, 2.45) is 0 Å². The number of aromatic carboxylic acids is 1. The molecule has 0 amide bonds. The second-order valence-corrected chi connectivity index (χ2v) is 4.39. The van der Waals surface area contributed by atoms with Crippen LogP contribution in [0.5, 0.6) is 0 Å². The lowest BCUT2D eigenvalue weighted by Crippen LogP contribution is -2.02. The third-order valence-electron chi connectivity index (χ3n) is 2.61. The van der Waals surface area contributed by atoms with E-state index in [1.54, 1.807) is 18.2 Å². The zero-order valence-corrected chi connectivity index (χ0v) is 10.6. The predicted octanol–water partition coefficient (Wildman–Crippen LogP) is 3.79. The minimum absolute atomic E-state index is 0.0470. The number of carbonyl (C=O) groups is 1. The van der Waals surface area contributed by atoms with Gasteiger partial charge < -0.3 is 10.4 Å². The van der Waals surface area contributed by atoms with Gasteiger partial charge in [-0.2, -0.15) is 0 Å². The zero-order chi connectivity index (χ0) is 13.8. The first-order valence-corrected chi connectivity index (χ1v) is 5.95. The summed E-state index contributed by atoms with van der Waals surface area (Å²) in [6, 6.07) is 10.8. The molecule has 0 atom stereocenters. The molecule has 3 nitrogen and oxygen atoms in total. The Labute approximate surface area is 114 Å². The lowest BCUT2D eigenvalue weighted by molar-refractivity contribution is 0.0697. The number of hydrogen-bond donors (Lipinski definition) is 2. The van der Waals surface area contributed by atoms with Gasteiger partial charge in [0.05, 0.1) is 10.6 Å². The molecule has 0 heterocycles. The van der Waals surface area contributed by atoms with Crippen LogP contribution in [0.4, 0.5) is 10.1 Å². The summed E-state index contributed by atoms with van der Waals surface area (Å²) in [5.41, 5.74) is 1.59. The van der Waals surface area contributed by atoms with Crippen molar-refractivity contribution in [3.05, 3.63) is 64.4 Å². The van der Waals surface area contributed by atoms with Crippen molar-refractivity contribution >= 4 is 23.3 Å². The number of anilines is 1. The summed E-state index contributed by atoms with van der Waals surface area (Å²) >= 11 is 5.78. The Kier molecular flexibility index (Phi) is 4.02. The third-order valence-corrected chi connectivity index (χ3v) is 2.94. The Morgan fingerprint density at radius 2 is 1.89 bits per heavy atom. The standard InChI is InChI=1S/C14H11ClFNO2/c15-13-6-5-11(7-12(13)14(18)19)17-8-9-1-3-10(16)4-2-9/h1-7,17H,8H2,(H,18,19). The van der Waals surface area contributed by atoms with Gasteiger partial charge in [0, 0.05) is 12.2 Å². The minimum atomic E-state index is -1.07. The van der Waals surface area contributed by atoms with Crippen molar-refractivity contribution in [1.82, 2.24) is 0 Å². The second-order valence-electron chi connectivity index (χ2n) is 3.98. The van der Waals surface area contributed by atoms with E-state index in [2.05, 4.69) is 5.32 Å². The van der Waals surface area contributed by atoms with Crippen LogP contribution in [0, 0.1) is 5.82 Å². The molecule has 0 saturated carbocycles. The quantitative estimate of drug-likeness (QED) is 0.895. The molecule has 2 aromatic rings. The fourth-order valence-corrected chi connectivity index (χ4v) is 1.80. The molecule has 19 heavy (non-hydrogen) atoms. The average molecular weight is 280 g/mol. The summed E-state index contributed by atoms with van der Waals surface area (Å²) in [6.07, 6.45) is 0. The predicted molar refractivity (Wildman–Crippen MR) is 72.1 cm³/mol. The smallest absolute Gasteiger partial charge is 0.337 e. The van der Waals surface area contributed by atoms with E-state index in [1.165, 1.54) is 24.3 Å². The number of rotatable bonds is 4. The Hall–Kier alpha value is -2.07. The highest BCUT2D eigenvalue weighted by molar-refractivity contribution is 6.33. The van der Waals surface area contributed by atoms with Crippen molar-refractivity contribution in [3.8, 4) is 0 Å². The highest BCUT2D eigenvalue weighted by atomic mass is 35.5. The first-order chi connectivity index (χ1) is 9.06. The molecule has 0 spiro atoms. The topological polar surface area (TPSA) is 49.3 Å². The van der Waals surface area contributed by atoms with E-state index in [9.17, 15) is 9.18 Å². The Morgan fingerprint density at radius 3 is 2.53 bits per heavy atom. The molecule has 2 N–H and O–H groups in total. The Bertz CT molecular complexity index is 599. The lowest BCUT2D eigenvalue weighted by Gasteiger charge is -2.08. The van der Waals surface area contributed by atoms with Crippen molar-refractivity contribution in [2.75, 3.05) is 5.32 Å². The summed E-state index contributed by atoms with van der Waals surface area (Å²) in [5, 5.41) is 12.2. The summed E-state index contributed by atoms with van der Waals surface area (Å²) in [5.74, 6) is -1.36. The average Bonchev–Trinajstić information content (AvgIpc) is 2.39. The molecule has 0 aliphatic rings. The van der Waals surface area contributed by atoms with E-state index in [4.69, 9.17) is 16.7 Å². The van der Waals surface area contributed by atoms with Crippen LogP contribution < -0.4 is 5.32 Å². The molecule has 2 rings (SSSR count). The molecule has 0 saturated heterocycles. The number of benzene rings is 2. The zero-order valence-electron chi connectivity index (χ0n) is 9.86. The minimum Gasteiger partial charge on any atom is -0.478 e. The summed E-state index contributed by atoms with van der Waals surface area (Å²) in [6.45, 7) is 0.473. The molecular weight excluding hydrogens is 269 g/mol. The van der Waals surface area contributed by atoms with Crippen LogP contribution in [0.25, 0.3) is 0 Å². The first-order valence-electron chi connectivity index (χ1n) is 5.57. The first kappa shape index (κ1) is 13.4. The normalized spacial score (nSPS) is 10.2. The molecule has 0 aromatic heterocycles. The van der Waals surface area contributed by atoms with Gasteiger partial charge in [-0.25, -0.2) is 9.18 Å². The maximum atomic E-state index is 12.7. The largest absolute Gasteiger partial charge is 0.478 e. The van der Waals surface area contributed by atoms with Crippen LogP contribution in [0.2, 0.25) is 5.02 Å². The second kappa shape index (κ2) is 5.71. The number of carboxylic acids is 1. The van der Waals surface area contributed by atoms with E-state index >= 15 is 0 Å². The van der Waals surface area contributed by atoms with Crippen molar-refractivity contribution in [1.29, 1.82) is 0 Å². The van der Waals surface area contributed by atoms with Crippen LogP contribution in [0.3, 0.4) is 0 Å². The molecular formula is C14H11ClFNO2. The molecule has 0 radical (unpaired) electrons. The van der Waals surface area contributed by atoms with Gasteiger partial charge in [-0.15, -0.1) is 0 Å². The van der Waals surface area contributed by atoms with E-state index < -0.39 is 5.97 Å². The number of halogens is 2. The molecule has 2 aromatic carbocycles. The number of nitrogens with one attached hydrogen (secondary N) is 1. The molecule has 0 unspecified atom stereocenters. The van der Waals surface area contributed by atoms with E-state index in [0.717, 1.165) is 5.56 Å². The van der Waals surface area contributed by atoms with Gasteiger partial charge >= 0.3 is 5.97 Å². The van der Waals surface area contributed by atoms with Gasteiger partial charge in [0.25, 0.3) is 0 Å². The summed E-state index contributed by atoms with van der Waals surface area (Å²) in [4.78, 5) is 10.9. The number of hydrogen-bond acceptors (Lipinski definition) is 2. The molecule has 0 fully saturated rings. The van der Waals surface area contributed by atoms with Crippen LogP contribution in [0.15, 0.2) is 42.5 Å². The van der Waals surface area contributed by atoms with Crippen molar-refractivity contribution in [2.45, 2.75) is 6.54 Å². The summed E-state index contributed by atoms with van der Waals surface area (Å²) in [7, 11) is 0. The van der Waals surface area contributed by atoms with Crippen molar-refractivity contribution < 1.29 is 14.3 Å². The van der Waals surface area contributed by atoms with Crippen LogP contribution in [-0.4, -0.2) is 11.1 Å². The highest BCUT2D eigenvalue weighted by Crippen LogP contribution is 2.21. The Balaban J connectivity index is 2.09. The van der Waals surface area contributed by atoms with E-state index in [1.807, 2.05) is 0 Å². The Morgan fingerprint density at radius 1 is 1.21 bits per heavy atom. The van der Waals surface area contributed by atoms with Crippen LogP contribution in [0.1, 0.15) is 15.9 Å². The molecule has 0 bridgehead atoms. The third kappa shape index (κ3) is 3.45. The van der Waals surface area contributed by atoms with E-state index in [-0.39, 0.29) is 16.4 Å². The highest BCUT2D eigenvalue weighted by Gasteiger charge is 2.09. The molecule has 0 aliphatic carbocycles. The lowest BCUT2D eigenvalue weighted by atomic mass is 10.2. The van der Waals surface area contributed by atoms with Crippen LogP contribution >= 0.6 is 11.6 Å². The SMILES string of the molecule is O=C(O)c1cc(NCc2ccc(F)cc2)ccc1Cl. The number of carboxylic acid groups (broad SMARTS) is 1. The molecule has 5 heteroatoms. The fraction of sp³-hybridized carbons (Fsp3) is 0.0714.